The van der Waals surface area contributed by atoms with Crippen molar-refractivity contribution in [1.29, 1.82) is 0 Å². The van der Waals surface area contributed by atoms with Gasteiger partial charge in [-0.3, -0.25) is 4.79 Å². The van der Waals surface area contributed by atoms with Crippen LogP contribution in [-0.2, 0) is 4.79 Å². The third-order valence-corrected chi connectivity index (χ3v) is 4.80. The van der Waals surface area contributed by atoms with Gasteiger partial charge in [0.05, 0.1) is 5.52 Å². The molecular formula is C18H20N4O. The van der Waals surface area contributed by atoms with E-state index in [9.17, 15) is 4.79 Å². The molecule has 2 aromatic rings. The quantitative estimate of drug-likeness (QED) is 0.799. The van der Waals surface area contributed by atoms with Crippen LogP contribution in [0.15, 0.2) is 42.9 Å². The Bertz CT molecular complexity index is 742. The van der Waals surface area contributed by atoms with E-state index in [1.54, 1.807) is 6.33 Å². The van der Waals surface area contributed by atoms with Crippen LogP contribution in [0, 0.1) is 5.92 Å². The molecule has 5 heteroatoms. The minimum atomic E-state index is 0.180. The van der Waals surface area contributed by atoms with Crippen LogP contribution < -0.4 is 4.90 Å². The first-order valence-electron chi connectivity index (χ1n) is 8.20. The Morgan fingerprint density at radius 1 is 1.09 bits per heavy atom. The van der Waals surface area contributed by atoms with Crippen LogP contribution in [-0.4, -0.2) is 47.0 Å². The van der Waals surface area contributed by atoms with Crippen LogP contribution >= 0.6 is 0 Å². The molecule has 2 aliphatic rings. The molecule has 1 aliphatic heterocycles. The molecule has 1 amide bonds. The zero-order chi connectivity index (χ0) is 15.6. The highest BCUT2D eigenvalue weighted by Gasteiger charge is 2.27. The molecule has 0 saturated carbocycles. The standard InChI is InChI=1S/C18H20N4O/c23-18(14-3-1-2-4-14)22-9-7-21(8-10-22)16-5-6-17-15(11-16)12-19-13-20-17/h1-2,5-6,11-14H,3-4,7-10H2. The highest BCUT2D eigenvalue weighted by Crippen LogP contribution is 2.24. The van der Waals surface area contributed by atoms with Crippen LogP contribution in [0.3, 0.4) is 0 Å². The lowest BCUT2D eigenvalue weighted by atomic mass is 10.1. The molecule has 5 nitrogen and oxygen atoms in total. The number of hydrogen-bond acceptors (Lipinski definition) is 4. The van der Waals surface area contributed by atoms with Gasteiger partial charge in [0.2, 0.25) is 5.91 Å². The predicted octanol–water partition coefficient (Wildman–Crippen LogP) is 2.24. The maximum atomic E-state index is 12.5. The summed E-state index contributed by atoms with van der Waals surface area (Å²) in [5.74, 6) is 0.501. The van der Waals surface area contributed by atoms with Crippen molar-refractivity contribution >= 4 is 22.5 Å². The van der Waals surface area contributed by atoms with Gasteiger partial charge in [-0.05, 0) is 31.0 Å². The Morgan fingerprint density at radius 3 is 2.65 bits per heavy atom. The van der Waals surface area contributed by atoms with E-state index in [2.05, 4.69) is 39.2 Å². The molecular weight excluding hydrogens is 288 g/mol. The largest absolute Gasteiger partial charge is 0.368 e. The van der Waals surface area contributed by atoms with Gasteiger partial charge in [0.1, 0.15) is 6.33 Å². The fraction of sp³-hybridized carbons (Fsp3) is 0.389. The van der Waals surface area contributed by atoms with Gasteiger partial charge in [-0.15, -0.1) is 0 Å². The van der Waals surface area contributed by atoms with E-state index in [-0.39, 0.29) is 5.92 Å². The summed E-state index contributed by atoms with van der Waals surface area (Å²) in [6.45, 7) is 3.37. The number of anilines is 1. The topological polar surface area (TPSA) is 49.3 Å². The lowest BCUT2D eigenvalue weighted by Gasteiger charge is -2.37. The molecule has 0 atom stereocenters. The number of amides is 1. The molecule has 0 N–H and O–H groups in total. The van der Waals surface area contributed by atoms with Crippen molar-refractivity contribution in [2.45, 2.75) is 12.8 Å². The van der Waals surface area contributed by atoms with Crippen LogP contribution in [0.1, 0.15) is 12.8 Å². The third kappa shape index (κ3) is 2.79. The number of piperazine rings is 1. The maximum absolute atomic E-state index is 12.5. The molecule has 0 unspecified atom stereocenters. The number of hydrogen-bond donors (Lipinski definition) is 0. The van der Waals surface area contributed by atoms with Crippen molar-refractivity contribution < 1.29 is 4.79 Å². The van der Waals surface area contributed by atoms with Crippen molar-refractivity contribution in [1.82, 2.24) is 14.9 Å². The Hall–Kier alpha value is -2.43. The van der Waals surface area contributed by atoms with E-state index in [1.165, 1.54) is 5.69 Å². The van der Waals surface area contributed by atoms with Crippen molar-refractivity contribution in [3.63, 3.8) is 0 Å². The summed E-state index contributed by atoms with van der Waals surface area (Å²) in [5, 5.41) is 1.06. The first-order valence-corrected chi connectivity index (χ1v) is 8.20. The molecule has 0 bridgehead atoms. The fourth-order valence-electron chi connectivity index (χ4n) is 3.43. The van der Waals surface area contributed by atoms with Gasteiger partial charge in [-0.2, -0.15) is 0 Å². The number of allylic oxidation sites excluding steroid dienone is 2. The van der Waals surface area contributed by atoms with E-state index in [0.717, 1.165) is 49.9 Å². The maximum Gasteiger partial charge on any atom is 0.226 e. The van der Waals surface area contributed by atoms with E-state index in [4.69, 9.17) is 0 Å². The summed E-state index contributed by atoms with van der Waals surface area (Å²) < 4.78 is 0. The first-order chi connectivity index (χ1) is 11.3. The van der Waals surface area contributed by atoms with Gasteiger partial charge in [0.25, 0.3) is 0 Å². The van der Waals surface area contributed by atoms with Gasteiger partial charge < -0.3 is 9.80 Å². The van der Waals surface area contributed by atoms with Gasteiger partial charge in [-0.25, -0.2) is 9.97 Å². The first kappa shape index (κ1) is 14.2. The number of benzene rings is 1. The highest BCUT2D eigenvalue weighted by atomic mass is 16.2. The molecule has 0 spiro atoms. The van der Waals surface area contributed by atoms with Gasteiger partial charge in [-0.1, -0.05) is 12.2 Å². The van der Waals surface area contributed by atoms with E-state index >= 15 is 0 Å². The Labute approximate surface area is 135 Å². The monoisotopic (exact) mass is 308 g/mol. The summed E-state index contributed by atoms with van der Waals surface area (Å²) in [5.41, 5.74) is 2.15. The number of carbonyl (C=O) groups excluding carboxylic acids is 1. The van der Waals surface area contributed by atoms with E-state index < -0.39 is 0 Å². The van der Waals surface area contributed by atoms with Crippen molar-refractivity contribution in [3.05, 3.63) is 42.9 Å². The second kappa shape index (κ2) is 5.99. The molecule has 1 aliphatic carbocycles. The molecule has 1 fully saturated rings. The van der Waals surface area contributed by atoms with Gasteiger partial charge >= 0.3 is 0 Å². The lowest BCUT2D eigenvalue weighted by molar-refractivity contribution is -0.135. The zero-order valence-electron chi connectivity index (χ0n) is 13.1. The second-order valence-electron chi connectivity index (χ2n) is 6.22. The molecule has 23 heavy (non-hydrogen) atoms. The van der Waals surface area contributed by atoms with Gasteiger partial charge in [0, 0.05) is 49.4 Å². The van der Waals surface area contributed by atoms with Crippen molar-refractivity contribution in [3.8, 4) is 0 Å². The number of rotatable bonds is 2. The normalized spacial score (nSPS) is 18.8. The molecule has 4 rings (SSSR count). The highest BCUT2D eigenvalue weighted by molar-refractivity contribution is 5.82. The smallest absolute Gasteiger partial charge is 0.226 e. The SMILES string of the molecule is O=C(C1CC=CC1)N1CCN(c2ccc3ncncc3c2)CC1. The predicted molar refractivity (Wildman–Crippen MR) is 90.2 cm³/mol. The van der Waals surface area contributed by atoms with Crippen molar-refractivity contribution in [2.24, 2.45) is 5.92 Å². The number of fused-ring (bicyclic) bond motifs is 1. The molecule has 118 valence electrons. The minimum absolute atomic E-state index is 0.180. The molecule has 1 aromatic carbocycles. The van der Waals surface area contributed by atoms with Crippen LogP contribution in [0.5, 0.6) is 0 Å². The van der Waals surface area contributed by atoms with E-state index in [1.807, 2.05) is 17.2 Å². The van der Waals surface area contributed by atoms with Gasteiger partial charge in [0.15, 0.2) is 0 Å². The number of nitrogens with zero attached hydrogens (tertiary/aromatic N) is 4. The molecule has 1 aromatic heterocycles. The van der Waals surface area contributed by atoms with Crippen LogP contribution in [0.2, 0.25) is 0 Å². The molecule has 1 saturated heterocycles. The third-order valence-electron chi connectivity index (χ3n) is 4.80. The summed E-state index contributed by atoms with van der Waals surface area (Å²) >= 11 is 0. The minimum Gasteiger partial charge on any atom is -0.368 e. The van der Waals surface area contributed by atoms with Crippen LogP contribution in [0.4, 0.5) is 5.69 Å². The van der Waals surface area contributed by atoms with Crippen LogP contribution in [0.25, 0.3) is 10.9 Å². The average molecular weight is 308 g/mol. The summed E-state index contributed by atoms with van der Waals surface area (Å²) in [7, 11) is 0. The second-order valence-corrected chi connectivity index (χ2v) is 6.22. The summed E-state index contributed by atoms with van der Waals surface area (Å²) in [6, 6.07) is 6.27. The summed E-state index contributed by atoms with van der Waals surface area (Å²) in [4.78, 5) is 25.2. The molecule has 2 heterocycles. The number of carbonyl (C=O) groups is 1. The fourth-order valence-corrected chi connectivity index (χ4v) is 3.43. The Balaban J connectivity index is 1.43. The van der Waals surface area contributed by atoms with E-state index in [0.29, 0.717) is 5.91 Å². The van der Waals surface area contributed by atoms with Crippen molar-refractivity contribution in [2.75, 3.05) is 31.1 Å². The summed E-state index contributed by atoms with van der Waals surface area (Å²) in [6.07, 6.45) is 9.47. The Kier molecular flexibility index (Phi) is 3.69. The lowest BCUT2D eigenvalue weighted by Crippen LogP contribution is -2.50. The average Bonchev–Trinajstić information content (AvgIpc) is 3.15. The zero-order valence-corrected chi connectivity index (χ0v) is 13.1. The Morgan fingerprint density at radius 2 is 1.87 bits per heavy atom. The number of aromatic nitrogens is 2. The molecule has 0 radical (unpaired) electrons.